The molecule has 0 heterocycles. The molecule has 0 saturated carbocycles. The number of fused-ring (bicyclic) bond motifs is 1. The third-order valence-electron chi connectivity index (χ3n) is 4.21. The van der Waals surface area contributed by atoms with Gasteiger partial charge < -0.3 is 0 Å². The third kappa shape index (κ3) is 1.84. The summed E-state index contributed by atoms with van der Waals surface area (Å²) in [5.74, 6) is 0. The van der Waals surface area contributed by atoms with Crippen molar-refractivity contribution in [3.8, 4) is 0 Å². The van der Waals surface area contributed by atoms with Crippen LogP contribution in [0.2, 0.25) is 0 Å². The maximum Gasteiger partial charge on any atom is 0.0420 e. The van der Waals surface area contributed by atoms with Crippen LogP contribution in [0.15, 0.2) is 78.9 Å². The Labute approximate surface area is 115 Å². The van der Waals surface area contributed by atoms with E-state index in [4.69, 9.17) is 0 Å². The van der Waals surface area contributed by atoms with E-state index in [0.29, 0.717) is 0 Å². The zero-order valence-corrected chi connectivity index (χ0v) is 11.3. The number of hydrogen-bond acceptors (Lipinski definition) is 0. The lowest BCUT2D eigenvalue weighted by atomic mass is 9.70. The van der Waals surface area contributed by atoms with Gasteiger partial charge in [0.15, 0.2) is 0 Å². The van der Waals surface area contributed by atoms with Gasteiger partial charge in [-0.15, -0.1) is 0 Å². The average molecular weight is 246 g/mol. The highest BCUT2D eigenvalue weighted by molar-refractivity contribution is 5.55. The van der Waals surface area contributed by atoms with Crippen molar-refractivity contribution in [2.24, 2.45) is 0 Å². The number of hydrogen-bond donors (Lipinski definition) is 0. The third-order valence-corrected chi connectivity index (χ3v) is 4.21. The molecule has 2 aromatic carbocycles. The summed E-state index contributed by atoms with van der Waals surface area (Å²) in [6.45, 7) is 6.59. The van der Waals surface area contributed by atoms with Crippen LogP contribution in [0.3, 0.4) is 0 Å². The van der Waals surface area contributed by atoms with Gasteiger partial charge in [0.05, 0.1) is 0 Å². The largest absolute Gasteiger partial charge is 0.0946 e. The SMILES string of the molecule is C=C1C=CCc2ccccc2C1(C)c1ccccc1. The molecule has 1 aliphatic carbocycles. The van der Waals surface area contributed by atoms with Crippen LogP contribution < -0.4 is 0 Å². The van der Waals surface area contributed by atoms with Crippen molar-refractivity contribution in [2.75, 3.05) is 0 Å². The lowest BCUT2D eigenvalue weighted by Crippen LogP contribution is -2.25. The molecule has 0 nitrogen and oxygen atoms in total. The monoisotopic (exact) mass is 246 g/mol. The van der Waals surface area contributed by atoms with E-state index in [1.807, 2.05) is 0 Å². The number of benzene rings is 2. The normalized spacial score (nSPS) is 21.8. The topological polar surface area (TPSA) is 0 Å². The minimum atomic E-state index is -0.134. The second-order valence-electron chi connectivity index (χ2n) is 5.28. The van der Waals surface area contributed by atoms with Crippen LogP contribution in [0, 0.1) is 0 Å². The Bertz CT molecular complexity index is 634. The van der Waals surface area contributed by atoms with Gasteiger partial charge in [-0.1, -0.05) is 73.3 Å². The van der Waals surface area contributed by atoms with E-state index in [0.717, 1.165) is 12.0 Å². The Morgan fingerprint density at radius 3 is 2.42 bits per heavy atom. The molecule has 0 amide bonds. The van der Waals surface area contributed by atoms with Crippen LogP contribution >= 0.6 is 0 Å². The summed E-state index contributed by atoms with van der Waals surface area (Å²) in [5.41, 5.74) is 5.09. The van der Waals surface area contributed by atoms with E-state index in [9.17, 15) is 0 Å². The highest BCUT2D eigenvalue weighted by Gasteiger charge is 2.33. The molecule has 2 aromatic rings. The molecule has 0 radical (unpaired) electrons. The summed E-state index contributed by atoms with van der Waals surface area (Å²) in [6.07, 6.45) is 5.37. The van der Waals surface area contributed by atoms with Crippen molar-refractivity contribution in [3.05, 3.63) is 95.6 Å². The summed E-state index contributed by atoms with van der Waals surface area (Å²) in [7, 11) is 0. The summed E-state index contributed by atoms with van der Waals surface area (Å²) in [4.78, 5) is 0. The molecule has 0 fully saturated rings. The smallest absolute Gasteiger partial charge is 0.0420 e. The fraction of sp³-hybridized carbons (Fsp3) is 0.158. The van der Waals surface area contributed by atoms with Gasteiger partial charge in [0, 0.05) is 5.41 Å². The highest BCUT2D eigenvalue weighted by Crippen LogP contribution is 2.41. The van der Waals surface area contributed by atoms with Gasteiger partial charge in [-0.25, -0.2) is 0 Å². The fourth-order valence-corrected chi connectivity index (χ4v) is 2.97. The average Bonchev–Trinajstić information content (AvgIpc) is 2.59. The van der Waals surface area contributed by atoms with Gasteiger partial charge >= 0.3 is 0 Å². The van der Waals surface area contributed by atoms with Crippen LogP contribution in [-0.2, 0) is 11.8 Å². The van der Waals surface area contributed by atoms with Gasteiger partial charge in [-0.3, -0.25) is 0 Å². The summed E-state index contributed by atoms with van der Waals surface area (Å²) in [6, 6.07) is 19.4. The zero-order chi connectivity index (χ0) is 13.3. The van der Waals surface area contributed by atoms with Crippen LogP contribution in [0.25, 0.3) is 0 Å². The van der Waals surface area contributed by atoms with Gasteiger partial charge in [0.1, 0.15) is 0 Å². The molecular formula is C19H18. The van der Waals surface area contributed by atoms with Crippen LogP contribution in [0.4, 0.5) is 0 Å². The first-order valence-electron chi connectivity index (χ1n) is 6.73. The van der Waals surface area contributed by atoms with Gasteiger partial charge in [-0.05, 0) is 35.6 Å². The van der Waals surface area contributed by atoms with Gasteiger partial charge in [-0.2, -0.15) is 0 Å². The van der Waals surface area contributed by atoms with Gasteiger partial charge in [0.2, 0.25) is 0 Å². The molecular weight excluding hydrogens is 228 g/mol. The highest BCUT2D eigenvalue weighted by atomic mass is 14.4. The lowest BCUT2D eigenvalue weighted by Gasteiger charge is -2.32. The summed E-state index contributed by atoms with van der Waals surface area (Å²) in [5, 5.41) is 0. The number of rotatable bonds is 1. The number of allylic oxidation sites excluding steroid dienone is 3. The summed E-state index contributed by atoms with van der Waals surface area (Å²) < 4.78 is 0. The molecule has 0 saturated heterocycles. The van der Waals surface area contributed by atoms with E-state index in [1.165, 1.54) is 16.7 Å². The Hall–Kier alpha value is -2.08. The molecule has 1 aliphatic rings. The first kappa shape index (κ1) is 12.0. The molecule has 0 aromatic heterocycles. The Kier molecular flexibility index (Phi) is 2.87. The minimum Gasteiger partial charge on any atom is -0.0946 e. The molecule has 1 unspecified atom stereocenters. The lowest BCUT2D eigenvalue weighted by molar-refractivity contribution is 0.690. The molecule has 3 rings (SSSR count). The second-order valence-corrected chi connectivity index (χ2v) is 5.28. The fourth-order valence-electron chi connectivity index (χ4n) is 2.97. The Morgan fingerprint density at radius 2 is 1.63 bits per heavy atom. The van der Waals surface area contributed by atoms with Crippen molar-refractivity contribution < 1.29 is 0 Å². The molecule has 1 atom stereocenters. The van der Waals surface area contributed by atoms with Crippen molar-refractivity contribution in [2.45, 2.75) is 18.8 Å². The van der Waals surface area contributed by atoms with Crippen molar-refractivity contribution in [1.82, 2.24) is 0 Å². The molecule has 0 bridgehead atoms. The molecule has 0 aliphatic heterocycles. The van der Waals surface area contributed by atoms with Crippen LogP contribution in [0.5, 0.6) is 0 Å². The molecule has 0 spiro atoms. The van der Waals surface area contributed by atoms with Crippen LogP contribution in [0.1, 0.15) is 23.6 Å². The minimum absolute atomic E-state index is 0.134. The zero-order valence-electron chi connectivity index (χ0n) is 11.3. The van der Waals surface area contributed by atoms with E-state index in [-0.39, 0.29) is 5.41 Å². The Balaban J connectivity index is 2.28. The van der Waals surface area contributed by atoms with Crippen molar-refractivity contribution in [1.29, 1.82) is 0 Å². The predicted molar refractivity (Wildman–Crippen MR) is 81.3 cm³/mol. The first-order valence-corrected chi connectivity index (χ1v) is 6.73. The molecule has 94 valence electrons. The first-order chi connectivity index (χ1) is 9.23. The summed E-state index contributed by atoms with van der Waals surface area (Å²) >= 11 is 0. The van der Waals surface area contributed by atoms with E-state index in [1.54, 1.807) is 0 Å². The van der Waals surface area contributed by atoms with Crippen molar-refractivity contribution >= 4 is 0 Å². The van der Waals surface area contributed by atoms with E-state index >= 15 is 0 Å². The standard InChI is InChI=1S/C19H18/c1-15-9-8-11-16-10-6-7-14-18(16)19(15,2)17-12-4-3-5-13-17/h3-10,12-14H,1,11H2,2H3. The quantitative estimate of drug-likeness (QED) is 0.686. The van der Waals surface area contributed by atoms with Crippen LogP contribution in [-0.4, -0.2) is 0 Å². The van der Waals surface area contributed by atoms with Gasteiger partial charge in [0.25, 0.3) is 0 Å². The second kappa shape index (κ2) is 4.55. The van der Waals surface area contributed by atoms with Crippen molar-refractivity contribution in [3.63, 3.8) is 0 Å². The molecule has 0 N–H and O–H groups in total. The maximum atomic E-state index is 4.32. The molecule has 0 heteroatoms. The Morgan fingerprint density at radius 1 is 0.947 bits per heavy atom. The van der Waals surface area contributed by atoms with E-state index in [2.05, 4.69) is 80.3 Å². The molecule has 19 heavy (non-hydrogen) atoms. The maximum absolute atomic E-state index is 4.32. The predicted octanol–water partition coefficient (Wildman–Crippen LogP) is 4.66. The van der Waals surface area contributed by atoms with E-state index < -0.39 is 0 Å².